The highest BCUT2D eigenvalue weighted by molar-refractivity contribution is 6.07. The third-order valence-electron chi connectivity index (χ3n) is 10.4. The van der Waals surface area contributed by atoms with E-state index in [2.05, 4.69) is 25.3 Å². The van der Waals surface area contributed by atoms with Crippen LogP contribution in [-0.2, 0) is 33.3 Å². The van der Waals surface area contributed by atoms with Crippen molar-refractivity contribution in [3.63, 3.8) is 0 Å². The Morgan fingerprint density at radius 2 is 1.48 bits per heavy atom. The molecule has 0 aliphatic heterocycles. The zero-order valence-corrected chi connectivity index (χ0v) is 37.0. The summed E-state index contributed by atoms with van der Waals surface area (Å²) < 4.78 is 32.6. The second-order valence-corrected chi connectivity index (χ2v) is 16.4. The SMILES string of the molecule is COC(=O)CCOCCOCCOCCCCCCOc1ccc(C(C)NC(=O)c2cccc(NC3(C(N)=NC(=N)c4ccncc4)CCC(C(=O)OC(C)(C)C)CC3)c2)cc1. The maximum absolute atomic E-state index is 13.6. The van der Waals surface area contributed by atoms with Gasteiger partial charge in [0.2, 0.25) is 0 Å². The summed E-state index contributed by atoms with van der Waals surface area (Å²) in [6, 6.07) is 18.1. The Kier molecular flexibility index (Phi) is 20.3. The molecule has 1 aliphatic carbocycles. The van der Waals surface area contributed by atoms with Crippen LogP contribution in [0, 0.1) is 11.3 Å². The van der Waals surface area contributed by atoms with Crippen LogP contribution in [0.5, 0.6) is 5.75 Å². The van der Waals surface area contributed by atoms with Crippen molar-refractivity contribution in [2.45, 2.75) is 103 Å². The minimum atomic E-state index is -0.872. The molecular formula is C47H66N6O9. The molecule has 1 aliphatic rings. The van der Waals surface area contributed by atoms with Gasteiger partial charge in [-0.15, -0.1) is 0 Å². The van der Waals surface area contributed by atoms with E-state index in [1.54, 1.807) is 36.7 Å². The maximum Gasteiger partial charge on any atom is 0.309 e. The molecule has 1 aromatic heterocycles. The Balaban J connectivity index is 1.21. The highest BCUT2D eigenvalue weighted by Gasteiger charge is 2.42. The molecule has 4 rings (SSSR count). The number of carbonyl (C=O) groups excluding carboxylic acids is 3. The van der Waals surface area contributed by atoms with E-state index in [1.165, 1.54) is 7.11 Å². The number of aromatic nitrogens is 1. The maximum atomic E-state index is 13.6. The fourth-order valence-electron chi connectivity index (χ4n) is 6.86. The van der Waals surface area contributed by atoms with Crippen LogP contribution in [-0.4, -0.2) is 99.0 Å². The van der Waals surface area contributed by atoms with E-state index in [0.717, 1.165) is 37.0 Å². The molecule has 62 heavy (non-hydrogen) atoms. The van der Waals surface area contributed by atoms with E-state index in [0.29, 0.717) is 88.7 Å². The molecule has 2 aromatic carbocycles. The molecule has 5 N–H and O–H groups in total. The van der Waals surface area contributed by atoms with Gasteiger partial charge in [0.15, 0.2) is 5.84 Å². The second kappa shape index (κ2) is 25.5. The number of amidine groups is 2. The first-order chi connectivity index (χ1) is 29.8. The van der Waals surface area contributed by atoms with E-state index >= 15 is 0 Å². The van der Waals surface area contributed by atoms with E-state index < -0.39 is 11.1 Å². The smallest absolute Gasteiger partial charge is 0.309 e. The third kappa shape index (κ3) is 17.2. The number of rotatable bonds is 25. The number of hydrogen-bond donors (Lipinski definition) is 4. The Hall–Kier alpha value is -5.38. The van der Waals surface area contributed by atoms with Crippen molar-refractivity contribution in [3.8, 4) is 5.75 Å². The summed E-state index contributed by atoms with van der Waals surface area (Å²) in [6.45, 7) is 11.1. The number of methoxy groups -OCH3 is 1. The Labute approximate surface area is 366 Å². The Bertz CT molecular complexity index is 1880. The highest BCUT2D eigenvalue weighted by Crippen LogP contribution is 2.37. The predicted molar refractivity (Wildman–Crippen MR) is 239 cm³/mol. The summed E-state index contributed by atoms with van der Waals surface area (Å²) in [5.74, 6) is -0.0411. The Morgan fingerprint density at radius 1 is 0.855 bits per heavy atom. The standard InChI is InChI=1S/C47H66N6O9/c1-34(35-13-15-40(16-14-35)61-27-9-7-6-8-26-58-29-31-60-32-30-59-28-21-41(54)57-5)51-43(55)38-11-10-12-39(33-38)53-47(45(49)52-42(48)36-19-24-50-25-20-36)22-17-37(18-23-47)44(56)62-46(2,3)4/h10-16,19-20,24-25,33-34,37,53H,6-9,17-18,21-23,26-32H2,1-5H3,(H,51,55)(H3,48,49,52). The first kappa shape index (κ1) is 49.3. The second-order valence-electron chi connectivity index (χ2n) is 16.4. The monoisotopic (exact) mass is 858 g/mol. The summed E-state index contributed by atoms with van der Waals surface area (Å²) in [6.07, 6.45) is 9.39. The molecule has 0 radical (unpaired) electrons. The van der Waals surface area contributed by atoms with Crippen LogP contribution < -0.4 is 21.1 Å². The van der Waals surface area contributed by atoms with Crippen molar-refractivity contribution in [3.05, 3.63) is 89.7 Å². The number of carbonyl (C=O) groups is 3. The van der Waals surface area contributed by atoms with Crippen LogP contribution >= 0.6 is 0 Å². The van der Waals surface area contributed by atoms with Gasteiger partial charge in [-0.25, -0.2) is 4.99 Å². The third-order valence-corrected chi connectivity index (χ3v) is 10.4. The van der Waals surface area contributed by atoms with Gasteiger partial charge in [0, 0.05) is 35.8 Å². The topological polar surface area (TPSA) is 206 Å². The van der Waals surface area contributed by atoms with Crippen LogP contribution in [0.15, 0.2) is 78.0 Å². The van der Waals surface area contributed by atoms with Crippen molar-refractivity contribution < 1.29 is 42.8 Å². The van der Waals surface area contributed by atoms with Crippen molar-refractivity contribution in [1.29, 1.82) is 5.41 Å². The summed E-state index contributed by atoms with van der Waals surface area (Å²) in [4.78, 5) is 46.1. The summed E-state index contributed by atoms with van der Waals surface area (Å²) in [5, 5.41) is 15.3. The van der Waals surface area contributed by atoms with Crippen LogP contribution in [0.3, 0.4) is 0 Å². The average Bonchev–Trinajstić information content (AvgIpc) is 3.26. The predicted octanol–water partition coefficient (Wildman–Crippen LogP) is 7.19. The lowest BCUT2D eigenvalue weighted by molar-refractivity contribution is -0.161. The zero-order chi connectivity index (χ0) is 44.8. The number of benzene rings is 2. The van der Waals surface area contributed by atoms with Gasteiger partial charge in [0.1, 0.15) is 17.2 Å². The van der Waals surface area contributed by atoms with E-state index in [-0.39, 0.29) is 47.9 Å². The first-order valence-electron chi connectivity index (χ1n) is 21.6. The van der Waals surface area contributed by atoms with Crippen molar-refractivity contribution >= 4 is 35.2 Å². The summed E-state index contributed by atoms with van der Waals surface area (Å²) >= 11 is 0. The van der Waals surface area contributed by atoms with Gasteiger partial charge in [-0.1, -0.05) is 24.6 Å². The van der Waals surface area contributed by atoms with Crippen molar-refractivity contribution in [2.24, 2.45) is 16.6 Å². The molecule has 338 valence electrons. The molecule has 3 aromatic rings. The fraction of sp³-hybridized carbons (Fsp3) is 0.532. The molecule has 15 nitrogen and oxygen atoms in total. The van der Waals surface area contributed by atoms with Gasteiger partial charge < -0.3 is 44.8 Å². The summed E-state index contributed by atoms with van der Waals surface area (Å²) in [7, 11) is 1.36. The van der Waals surface area contributed by atoms with Crippen LogP contribution in [0.2, 0.25) is 0 Å². The number of nitrogens with zero attached hydrogens (tertiary/aromatic N) is 2. The number of aliphatic imine (C=N–C) groups is 1. The van der Waals surface area contributed by atoms with Gasteiger partial charge in [-0.05, 0) is 121 Å². The average molecular weight is 859 g/mol. The van der Waals surface area contributed by atoms with Gasteiger partial charge in [0.25, 0.3) is 5.91 Å². The molecule has 1 unspecified atom stereocenters. The first-order valence-corrected chi connectivity index (χ1v) is 21.6. The number of hydrogen-bond acceptors (Lipinski definition) is 12. The fourth-order valence-corrected chi connectivity index (χ4v) is 6.86. The molecule has 1 saturated carbocycles. The van der Waals surface area contributed by atoms with Gasteiger partial charge in [0.05, 0.1) is 70.7 Å². The molecule has 15 heteroatoms. The van der Waals surface area contributed by atoms with Crippen LogP contribution in [0.4, 0.5) is 5.69 Å². The quantitative estimate of drug-likeness (QED) is 0.0289. The van der Waals surface area contributed by atoms with Gasteiger partial charge in [-0.2, -0.15) is 0 Å². The minimum Gasteiger partial charge on any atom is -0.494 e. The number of anilines is 1. The molecular weight excluding hydrogens is 793 g/mol. The molecule has 0 spiro atoms. The number of esters is 2. The summed E-state index contributed by atoms with van der Waals surface area (Å²) in [5.41, 5.74) is 7.92. The lowest BCUT2D eigenvalue weighted by Crippen LogP contribution is -2.54. The lowest BCUT2D eigenvalue weighted by Gasteiger charge is -2.41. The number of pyridine rings is 1. The van der Waals surface area contributed by atoms with Crippen molar-refractivity contribution in [2.75, 3.05) is 58.7 Å². The number of amides is 1. The number of unbranched alkanes of at least 4 members (excludes halogenated alkanes) is 3. The molecule has 1 heterocycles. The van der Waals surface area contributed by atoms with Crippen LogP contribution in [0.25, 0.3) is 0 Å². The lowest BCUT2D eigenvalue weighted by atomic mass is 9.75. The number of nitrogens with two attached hydrogens (primary N) is 1. The Morgan fingerprint density at radius 3 is 2.13 bits per heavy atom. The molecule has 1 fully saturated rings. The highest BCUT2D eigenvalue weighted by atomic mass is 16.6. The number of ether oxygens (including phenoxy) is 6. The molecule has 1 atom stereocenters. The van der Waals surface area contributed by atoms with E-state index in [9.17, 15) is 14.4 Å². The molecule has 0 saturated heterocycles. The number of nitrogens with one attached hydrogen (secondary N) is 3. The van der Waals surface area contributed by atoms with Crippen LogP contribution in [0.1, 0.15) is 113 Å². The van der Waals surface area contributed by atoms with E-state index in [4.69, 9.17) is 34.8 Å². The minimum absolute atomic E-state index is 0.00478. The van der Waals surface area contributed by atoms with Crippen molar-refractivity contribution in [1.82, 2.24) is 10.3 Å². The largest absolute Gasteiger partial charge is 0.494 e. The van der Waals surface area contributed by atoms with E-state index in [1.807, 2.05) is 64.1 Å². The molecule has 1 amide bonds. The zero-order valence-electron chi connectivity index (χ0n) is 37.0. The molecule has 0 bridgehead atoms. The van der Waals surface area contributed by atoms with Gasteiger partial charge in [-0.3, -0.25) is 24.8 Å². The van der Waals surface area contributed by atoms with Gasteiger partial charge >= 0.3 is 11.9 Å². The normalized spacial score (nSPS) is 17.1.